The summed E-state index contributed by atoms with van der Waals surface area (Å²) in [5.41, 5.74) is 3.38. The third-order valence-electron chi connectivity index (χ3n) is 4.33. The molecule has 0 aliphatic carbocycles. The Morgan fingerprint density at radius 1 is 1.19 bits per heavy atom. The summed E-state index contributed by atoms with van der Waals surface area (Å²) < 4.78 is 6.91. The van der Waals surface area contributed by atoms with Gasteiger partial charge in [0.15, 0.2) is 12.3 Å². The van der Waals surface area contributed by atoms with Crippen LogP contribution in [0.4, 0.5) is 0 Å². The Morgan fingerprint density at radius 3 is 2.59 bits per heavy atom. The van der Waals surface area contributed by atoms with Crippen LogP contribution in [-0.2, 0) is 23.1 Å². The number of carbonyl (C=O) groups excluding carboxylic acids is 2. The lowest BCUT2D eigenvalue weighted by molar-refractivity contribution is -0.133. The maximum Gasteiger partial charge on any atom is 0.339 e. The van der Waals surface area contributed by atoms with Gasteiger partial charge in [-0.25, -0.2) is 9.78 Å². The van der Waals surface area contributed by atoms with Crippen molar-refractivity contribution in [2.24, 2.45) is 7.05 Å². The van der Waals surface area contributed by atoms with Crippen molar-refractivity contribution in [1.29, 1.82) is 0 Å². The van der Waals surface area contributed by atoms with Crippen LogP contribution in [0.2, 0.25) is 0 Å². The molecule has 3 rings (SSSR count). The summed E-state index contributed by atoms with van der Waals surface area (Å²) in [4.78, 5) is 30.9. The van der Waals surface area contributed by atoms with Crippen LogP contribution in [0.25, 0.3) is 11.0 Å². The summed E-state index contributed by atoms with van der Waals surface area (Å²) in [6, 6.07) is 11.3. The molecule has 140 valence electrons. The molecule has 0 atom stereocenters. The number of amides is 1. The Morgan fingerprint density at radius 2 is 1.89 bits per heavy atom. The molecule has 2 aromatic heterocycles. The molecular weight excluding hydrogens is 344 g/mol. The van der Waals surface area contributed by atoms with Crippen LogP contribution in [0.1, 0.15) is 27.3 Å². The molecule has 0 unspecified atom stereocenters. The summed E-state index contributed by atoms with van der Waals surface area (Å²) in [5.74, 6) is -0.819. The lowest BCUT2D eigenvalue weighted by Crippen LogP contribution is -2.30. The first-order valence-electron chi connectivity index (χ1n) is 8.62. The molecule has 0 fully saturated rings. The number of fused-ring (bicyclic) bond motifs is 1. The molecule has 7 nitrogen and oxygen atoms in total. The number of benzene rings is 1. The van der Waals surface area contributed by atoms with Crippen LogP contribution in [0.5, 0.6) is 0 Å². The van der Waals surface area contributed by atoms with Crippen molar-refractivity contribution in [2.45, 2.75) is 20.4 Å². The van der Waals surface area contributed by atoms with Crippen molar-refractivity contribution in [2.75, 3.05) is 13.7 Å². The number of pyridine rings is 1. The van der Waals surface area contributed by atoms with E-state index >= 15 is 0 Å². The zero-order valence-electron chi connectivity index (χ0n) is 15.9. The van der Waals surface area contributed by atoms with E-state index in [1.807, 2.05) is 37.3 Å². The smallest absolute Gasteiger partial charge is 0.339 e. The molecule has 0 aliphatic heterocycles. The predicted octanol–water partition coefficient (Wildman–Crippen LogP) is 2.40. The highest BCUT2D eigenvalue weighted by Crippen LogP contribution is 2.22. The molecule has 0 N–H and O–H groups in total. The van der Waals surface area contributed by atoms with Gasteiger partial charge in [0.1, 0.15) is 0 Å². The zero-order chi connectivity index (χ0) is 19.6. The summed E-state index contributed by atoms with van der Waals surface area (Å²) in [6.07, 6.45) is 0. The van der Waals surface area contributed by atoms with Gasteiger partial charge in [-0.15, -0.1) is 0 Å². The maximum atomic E-state index is 12.6. The van der Waals surface area contributed by atoms with Crippen molar-refractivity contribution >= 4 is 22.9 Å². The number of aromatic nitrogens is 3. The maximum absolute atomic E-state index is 12.6. The minimum Gasteiger partial charge on any atom is -0.452 e. The molecule has 0 saturated carbocycles. The Bertz CT molecular complexity index is 995. The van der Waals surface area contributed by atoms with Gasteiger partial charge in [0.2, 0.25) is 0 Å². The fourth-order valence-corrected chi connectivity index (χ4v) is 2.99. The molecule has 0 aliphatic rings. The lowest BCUT2D eigenvalue weighted by Gasteiger charge is -2.17. The van der Waals surface area contributed by atoms with E-state index in [9.17, 15) is 9.59 Å². The van der Waals surface area contributed by atoms with Crippen LogP contribution in [0, 0.1) is 13.8 Å². The minimum absolute atomic E-state index is 0.267. The van der Waals surface area contributed by atoms with E-state index in [1.54, 1.807) is 31.8 Å². The molecule has 7 heteroatoms. The third kappa shape index (κ3) is 3.97. The third-order valence-corrected chi connectivity index (χ3v) is 4.33. The molecule has 2 heterocycles. The van der Waals surface area contributed by atoms with E-state index in [1.165, 1.54) is 4.90 Å². The van der Waals surface area contributed by atoms with Crippen molar-refractivity contribution in [3.05, 3.63) is 58.9 Å². The number of carbonyl (C=O) groups is 2. The summed E-state index contributed by atoms with van der Waals surface area (Å²) in [7, 11) is 3.46. The monoisotopic (exact) mass is 366 g/mol. The second kappa shape index (κ2) is 7.57. The van der Waals surface area contributed by atoms with Gasteiger partial charge in [-0.3, -0.25) is 9.48 Å². The van der Waals surface area contributed by atoms with Crippen molar-refractivity contribution in [1.82, 2.24) is 19.7 Å². The van der Waals surface area contributed by atoms with Crippen LogP contribution < -0.4 is 0 Å². The van der Waals surface area contributed by atoms with Gasteiger partial charge in [0.05, 0.1) is 16.6 Å². The van der Waals surface area contributed by atoms with Gasteiger partial charge in [0, 0.05) is 26.3 Å². The quantitative estimate of drug-likeness (QED) is 0.648. The minimum atomic E-state index is -0.553. The molecule has 0 bridgehead atoms. The molecule has 27 heavy (non-hydrogen) atoms. The SMILES string of the molecule is Cc1cc(C(=O)OCC(=O)N(C)Cc2ccccc2)c2c(C)nn(C)c2n1. The Labute approximate surface area is 157 Å². The van der Waals surface area contributed by atoms with Crippen LogP contribution in [-0.4, -0.2) is 45.2 Å². The van der Waals surface area contributed by atoms with Gasteiger partial charge < -0.3 is 9.64 Å². The Kier molecular flexibility index (Phi) is 5.21. The fourth-order valence-electron chi connectivity index (χ4n) is 2.99. The van der Waals surface area contributed by atoms with E-state index in [2.05, 4.69) is 10.1 Å². The van der Waals surface area contributed by atoms with Crippen LogP contribution in [0.3, 0.4) is 0 Å². The van der Waals surface area contributed by atoms with E-state index < -0.39 is 5.97 Å². The average Bonchev–Trinajstić information content (AvgIpc) is 2.93. The Balaban J connectivity index is 1.71. The molecule has 1 amide bonds. The van der Waals surface area contributed by atoms with Crippen LogP contribution >= 0.6 is 0 Å². The topological polar surface area (TPSA) is 77.3 Å². The van der Waals surface area contributed by atoms with Crippen molar-refractivity contribution < 1.29 is 14.3 Å². The molecule has 0 radical (unpaired) electrons. The first kappa shape index (κ1) is 18.6. The first-order chi connectivity index (χ1) is 12.9. The van der Waals surface area contributed by atoms with Gasteiger partial charge in [-0.05, 0) is 25.5 Å². The van der Waals surface area contributed by atoms with Crippen molar-refractivity contribution in [3.8, 4) is 0 Å². The number of esters is 1. The number of rotatable bonds is 5. The van der Waals surface area contributed by atoms with Crippen LogP contribution in [0.15, 0.2) is 36.4 Å². The van der Waals surface area contributed by atoms with Gasteiger partial charge in [-0.2, -0.15) is 5.10 Å². The number of hydrogen-bond acceptors (Lipinski definition) is 5. The molecule has 1 aromatic carbocycles. The van der Waals surface area contributed by atoms with E-state index in [0.717, 1.165) is 5.56 Å². The summed E-state index contributed by atoms with van der Waals surface area (Å²) in [6.45, 7) is 3.76. The average molecular weight is 366 g/mol. The van der Waals surface area contributed by atoms with Gasteiger partial charge in [0.25, 0.3) is 5.91 Å². The highest BCUT2D eigenvalue weighted by atomic mass is 16.5. The first-order valence-corrected chi connectivity index (χ1v) is 8.62. The lowest BCUT2D eigenvalue weighted by atomic mass is 10.1. The molecule has 0 spiro atoms. The summed E-state index contributed by atoms with van der Waals surface area (Å²) in [5, 5.41) is 4.97. The van der Waals surface area contributed by atoms with Crippen molar-refractivity contribution in [3.63, 3.8) is 0 Å². The number of aryl methyl sites for hydroxylation is 3. The standard InChI is InChI=1S/C20H22N4O3/c1-13-10-16(18-14(2)22-24(4)19(18)21-13)20(26)27-12-17(25)23(3)11-15-8-6-5-7-9-15/h5-10H,11-12H2,1-4H3. The van der Waals surface area contributed by atoms with E-state index in [0.29, 0.717) is 34.5 Å². The zero-order valence-corrected chi connectivity index (χ0v) is 15.9. The second-order valence-electron chi connectivity index (χ2n) is 6.53. The van der Waals surface area contributed by atoms with E-state index in [4.69, 9.17) is 4.74 Å². The Hall–Kier alpha value is -3.22. The van der Waals surface area contributed by atoms with Gasteiger partial charge in [-0.1, -0.05) is 30.3 Å². The molecule has 3 aromatic rings. The van der Waals surface area contributed by atoms with E-state index in [-0.39, 0.29) is 12.5 Å². The largest absolute Gasteiger partial charge is 0.452 e. The number of likely N-dealkylation sites (N-methyl/N-ethyl adjacent to an activating group) is 1. The molecular formula is C20H22N4O3. The summed E-state index contributed by atoms with van der Waals surface area (Å²) >= 11 is 0. The highest BCUT2D eigenvalue weighted by Gasteiger charge is 2.20. The number of ether oxygens (including phenoxy) is 1. The molecule has 0 saturated heterocycles. The fraction of sp³-hybridized carbons (Fsp3) is 0.300. The number of hydrogen-bond donors (Lipinski definition) is 0. The normalized spacial score (nSPS) is 10.8. The second-order valence-corrected chi connectivity index (χ2v) is 6.53. The highest BCUT2D eigenvalue weighted by molar-refractivity contribution is 6.04. The predicted molar refractivity (Wildman–Crippen MR) is 101 cm³/mol. The number of nitrogens with zero attached hydrogens (tertiary/aromatic N) is 4. The van der Waals surface area contributed by atoms with Gasteiger partial charge >= 0.3 is 5.97 Å².